The number of hydrogen-bond acceptors (Lipinski definition) is 6. The highest BCUT2D eigenvalue weighted by Gasteiger charge is 2.13. The van der Waals surface area contributed by atoms with Crippen LogP contribution in [0.1, 0.15) is 57.8 Å². The summed E-state index contributed by atoms with van der Waals surface area (Å²) in [4.78, 5) is 11.0. The van der Waals surface area contributed by atoms with E-state index in [-0.39, 0.29) is 11.2 Å². The molecule has 138 valence electrons. The van der Waals surface area contributed by atoms with E-state index >= 15 is 0 Å². The van der Waals surface area contributed by atoms with Gasteiger partial charge in [-0.2, -0.15) is 5.26 Å². The maximum atomic E-state index is 9.03. The Balaban J connectivity index is 1.80. The van der Waals surface area contributed by atoms with Gasteiger partial charge in [-0.05, 0) is 50.9 Å². The maximum absolute atomic E-state index is 9.03. The number of nitrogens with one attached hydrogen (secondary N) is 2. The first-order valence-electron chi connectivity index (χ1n) is 9.41. The highest BCUT2D eigenvalue weighted by atomic mass is 15.1. The molecule has 2 heterocycles. The monoisotopic (exact) mass is 344 g/mol. The summed E-state index contributed by atoms with van der Waals surface area (Å²) in [5, 5.41) is 15.9. The molecular formula is C19H32N6. The zero-order valence-corrected chi connectivity index (χ0v) is 15.9. The molecule has 1 aliphatic heterocycles. The van der Waals surface area contributed by atoms with Crippen LogP contribution >= 0.6 is 0 Å². The van der Waals surface area contributed by atoms with Crippen molar-refractivity contribution >= 4 is 5.82 Å². The molecule has 25 heavy (non-hydrogen) atoms. The van der Waals surface area contributed by atoms with Crippen molar-refractivity contribution in [3.05, 3.63) is 17.6 Å². The normalized spacial score (nSPS) is 15.8. The van der Waals surface area contributed by atoms with Gasteiger partial charge in [0, 0.05) is 24.8 Å². The van der Waals surface area contributed by atoms with Gasteiger partial charge in [-0.25, -0.2) is 9.97 Å². The predicted molar refractivity (Wildman–Crippen MR) is 101 cm³/mol. The van der Waals surface area contributed by atoms with E-state index < -0.39 is 0 Å². The zero-order chi connectivity index (χ0) is 18.1. The van der Waals surface area contributed by atoms with Crippen molar-refractivity contribution < 1.29 is 0 Å². The van der Waals surface area contributed by atoms with Gasteiger partial charge in [-0.1, -0.05) is 27.2 Å². The molecule has 0 amide bonds. The summed E-state index contributed by atoms with van der Waals surface area (Å²) in [6, 6.07) is 2.02. The van der Waals surface area contributed by atoms with E-state index in [0.29, 0.717) is 0 Å². The average Bonchev–Trinajstić information content (AvgIpc) is 2.60. The number of nitriles is 1. The lowest BCUT2D eigenvalue weighted by atomic mass is 9.97. The number of rotatable bonds is 8. The predicted octanol–water partition coefficient (Wildman–Crippen LogP) is 2.77. The van der Waals surface area contributed by atoms with Crippen LogP contribution in [0, 0.1) is 16.7 Å². The summed E-state index contributed by atoms with van der Waals surface area (Å²) in [5.74, 6) is 0.982. The lowest BCUT2D eigenvalue weighted by Crippen LogP contribution is -2.32. The van der Waals surface area contributed by atoms with Crippen molar-refractivity contribution in [3.63, 3.8) is 0 Å². The number of anilines is 1. The van der Waals surface area contributed by atoms with Gasteiger partial charge >= 0.3 is 0 Å². The average molecular weight is 345 g/mol. The molecule has 1 aliphatic rings. The minimum Gasteiger partial charge on any atom is -0.369 e. The molecule has 0 saturated carbocycles. The molecule has 0 atom stereocenters. The van der Waals surface area contributed by atoms with Gasteiger partial charge in [0.1, 0.15) is 11.9 Å². The van der Waals surface area contributed by atoms with Crippen LogP contribution in [-0.2, 0) is 6.54 Å². The van der Waals surface area contributed by atoms with Crippen LogP contribution in [0.5, 0.6) is 0 Å². The summed E-state index contributed by atoms with van der Waals surface area (Å²) in [7, 11) is 0. The molecule has 6 nitrogen and oxygen atoms in total. The fourth-order valence-electron chi connectivity index (χ4n) is 2.93. The SMILES string of the molecule is CC(C)(C)CNc1nc(C#N)ncc1CNCCCN1CCCCC1. The van der Waals surface area contributed by atoms with Gasteiger partial charge in [-0.3, -0.25) is 0 Å². The fraction of sp³-hybridized carbons (Fsp3) is 0.737. The molecule has 6 heteroatoms. The zero-order valence-electron chi connectivity index (χ0n) is 15.9. The molecule has 2 rings (SSSR count). The number of likely N-dealkylation sites (tertiary alicyclic amines) is 1. The molecule has 0 bridgehead atoms. The van der Waals surface area contributed by atoms with Crippen molar-refractivity contribution in [1.82, 2.24) is 20.2 Å². The van der Waals surface area contributed by atoms with Crippen molar-refractivity contribution in [2.45, 2.75) is 53.0 Å². The number of hydrogen-bond donors (Lipinski definition) is 2. The highest BCUT2D eigenvalue weighted by molar-refractivity contribution is 5.44. The first-order chi connectivity index (χ1) is 12.0. The van der Waals surface area contributed by atoms with Crippen molar-refractivity contribution in [2.24, 2.45) is 5.41 Å². The molecule has 1 aromatic heterocycles. The Kier molecular flexibility index (Phi) is 7.60. The second kappa shape index (κ2) is 9.69. The third-order valence-electron chi connectivity index (χ3n) is 4.34. The molecule has 0 unspecified atom stereocenters. The van der Waals surface area contributed by atoms with Crippen LogP contribution in [0.15, 0.2) is 6.20 Å². The Hall–Kier alpha value is -1.71. The Labute approximate surface area is 152 Å². The quantitative estimate of drug-likeness (QED) is 0.706. The second-order valence-corrected chi connectivity index (χ2v) is 8.03. The lowest BCUT2D eigenvalue weighted by Gasteiger charge is -2.26. The Morgan fingerprint density at radius 1 is 1.24 bits per heavy atom. The van der Waals surface area contributed by atoms with Crippen LogP contribution in [0.4, 0.5) is 5.82 Å². The maximum Gasteiger partial charge on any atom is 0.234 e. The van der Waals surface area contributed by atoms with E-state index in [1.807, 2.05) is 6.07 Å². The van der Waals surface area contributed by atoms with Gasteiger partial charge < -0.3 is 15.5 Å². The summed E-state index contributed by atoms with van der Waals surface area (Å²) in [6.07, 6.45) is 6.99. The number of nitrogens with zero attached hydrogens (tertiary/aromatic N) is 4. The van der Waals surface area contributed by atoms with Crippen molar-refractivity contribution in [2.75, 3.05) is 38.0 Å². The van der Waals surface area contributed by atoms with Crippen LogP contribution in [0.25, 0.3) is 0 Å². The molecule has 2 N–H and O–H groups in total. The molecule has 1 aromatic rings. The number of aromatic nitrogens is 2. The van der Waals surface area contributed by atoms with E-state index in [1.165, 1.54) is 38.9 Å². The molecule has 1 saturated heterocycles. The summed E-state index contributed by atoms with van der Waals surface area (Å²) >= 11 is 0. The van der Waals surface area contributed by atoms with Crippen LogP contribution < -0.4 is 10.6 Å². The van der Waals surface area contributed by atoms with E-state index in [0.717, 1.165) is 37.4 Å². The van der Waals surface area contributed by atoms with E-state index in [9.17, 15) is 0 Å². The van der Waals surface area contributed by atoms with Gasteiger partial charge in [0.15, 0.2) is 0 Å². The third-order valence-corrected chi connectivity index (χ3v) is 4.34. The third kappa shape index (κ3) is 7.37. The van der Waals surface area contributed by atoms with Gasteiger partial charge in [-0.15, -0.1) is 0 Å². The van der Waals surface area contributed by atoms with Crippen LogP contribution in [0.2, 0.25) is 0 Å². The van der Waals surface area contributed by atoms with Crippen LogP contribution in [-0.4, -0.2) is 47.6 Å². The summed E-state index contributed by atoms with van der Waals surface area (Å²) in [5.41, 5.74) is 1.16. The largest absolute Gasteiger partial charge is 0.369 e. The standard InChI is InChI=1S/C19H32N6/c1-19(2,3)15-23-18-16(14-22-17(12-20)24-18)13-21-8-7-11-25-9-5-4-6-10-25/h14,21H,4-11,13,15H2,1-3H3,(H,22,23,24). The van der Waals surface area contributed by atoms with Crippen molar-refractivity contribution in [3.8, 4) is 6.07 Å². The van der Waals surface area contributed by atoms with E-state index in [2.05, 4.69) is 46.3 Å². The molecule has 1 fully saturated rings. The summed E-state index contributed by atoms with van der Waals surface area (Å²) < 4.78 is 0. The van der Waals surface area contributed by atoms with Crippen molar-refractivity contribution in [1.29, 1.82) is 5.26 Å². The van der Waals surface area contributed by atoms with Gasteiger partial charge in [0.05, 0.1) is 0 Å². The van der Waals surface area contributed by atoms with Gasteiger partial charge in [0.25, 0.3) is 0 Å². The molecular weight excluding hydrogens is 312 g/mol. The van der Waals surface area contributed by atoms with Crippen LogP contribution in [0.3, 0.4) is 0 Å². The molecule has 0 radical (unpaired) electrons. The first kappa shape index (κ1) is 19.6. The number of piperidine rings is 1. The highest BCUT2D eigenvalue weighted by Crippen LogP contribution is 2.17. The smallest absolute Gasteiger partial charge is 0.234 e. The van der Waals surface area contributed by atoms with E-state index in [4.69, 9.17) is 5.26 Å². The lowest BCUT2D eigenvalue weighted by molar-refractivity contribution is 0.225. The van der Waals surface area contributed by atoms with E-state index in [1.54, 1.807) is 6.20 Å². The molecule has 0 aromatic carbocycles. The minimum atomic E-state index is 0.150. The Bertz CT molecular complexity index is 566. The molecule has 0 aliphatic carbocycles. The minimum absolute atomic E-state index is 0.150. The Morgan fingerprint density at radius 3 is 2.68 bits per heavy atom. The second-order valence-electron chi connectivity index (χ2n) is 8.03. The Morgan fingerprint density at radius 2 is 2.00 bits per heavy atom. The first-order valence-corrected chi connectivity index (χ1v) is 9.41. The van der Waals surface area contributed by atoms with Gasteiger partial charge in [0.2, 0.25) is 5.82 Å². The summed E-state index contributed by atoms with van der Waals surface area (Å²) in [6.45, 7) is 12.7. The fourth-order valence-corrected chi connectivity index (χ4v) is 2.93. The topological polar surface area (TPSA) is 76.9 Å². The molecule has 0 spiro atoms.